The molecule has 0 aliphatic carbocycles. The molecule has 1 aromatic rings. The maximum Gasteiger partial charge on any atom is 0.238 e. The number of carbonyl (C=O) groups excluding carboxylic acids is 1. The van der Waals surface area contributed by atoms with Gasteiger partial charge in [0, 0.05) is 11.1 Å². The smallest absolute Gasteiger partial charge is 0.238 e. The number of benzene rings is 1. The minimum Gasteiger partial charge on any atom is -0.325 e. The zero-order valence-corrected chi connectivity index (χ0v) is 9.49. The van der Waals surface area contributed by atoms with Crippen molar-refractivity contribution in [2.75, 3.05) is 5.32 Å². The van der Waals surface area contributed by atoms with E-state index in [1.165, 1.54) is 12.1 Å². The maximum absolute atomic E-state index is 11.6. The molecule has 0 bridgehead atoms. The van der Waals surface area contributed by atoms with E-state index in [4.69, 9.17) is 5.26 Å². The van der Waals surface area contributed by atoms with Crippen LogP contribution in [0.15, 0.2) is 28.5 Å². The standard InChI is InChI=1S/C11H8N2O3S/c12-5-3-11(14)13-9-2-1-8-4-6-17(15,16)10(8)7-9/h1-2,4,6-7H,3H2,(H,13,14). The Labute approximate surface area is 98.3 Å². The highest BCUT2D eigenvalue weighted by atomic mass is 32.2. The Morgan fingerprint density at radius 2 is 2.18 bits per heavy atom. The number of nitrogens with one attached hydrogen (secondary N) is 1. The first-order chi connectivity index (χ1) is 8.03. The van der Waals surface area contributed by atoms with E-state index in [-0.39, 0.29) is 11.3 Å². The van der Waals surface area contributed by atoms with Crippen molar-refractivity contribution in [1.29, 1.82) is 5.26 Å². The Kier molecular flexibility index (Phi) is 2.69. The van der Waals surface area contributed by atoms with Gasteiger partial charge in [0.25, 0.3) is 0 Å². The molecule has 0 unspecified atom stereocenters. The van der Waals surface area contributed by atoms with E-state index in [1.54, 1.807) is 18.2 Å². The van der Waals surface area contributed by atoms with Gasteiger partial charge in [0.15, 0.2) is 0 Å². The molecule has 0 spiro atoms. The van der Waals surface area contributed by atoms with Crippen molar-refractivity contribution in [3.63, 3.8) is 0 Å². The van der Waals surface area contributed by atoms with Gasteiger partial charge in [0.05, 0.1) is 11.0 Å². The molecule has 0 radical (unpaired) electrons. The van der Waals surface area contributed by atoms with Crippen LogP contribution in [0.2, 0.25) is 0 Å². The fourth-order valence-electron chi connectivity index (χ4n) is 1.51. The molecule has 1 N–H and O–H groups in total. The highest BCUT2D eigenvalue weighted by molar-refractivity contribution is 7.94. The molecule has 6 heteroatoms. The molecular weight excluding hydrogens is 240 g/mol. The SMILES string of the molecule is N#CCC(=O)Nc1ccc2c(c1)S(=O)(=O)C=C2. The Hall–Kier alpha value is -2.13. The van der Waals surface area contributed by atoms with Crippen molar-refractivity contribution in [2.45, 2.75) is 11.3 Å². The lowest BCUT2D eigenvalue weighted by Gasteiger charge is -2.05. The van der Waals surface area contributed by atoms with Gasteiger partial charge in [-0.2, -0.15) is 5.26 Å². The highest BCUT2D eigenvalue weighted by Crippen LogP contribution is 2.29. The third kappa shape index (κ3) is 2.19. The number of carbonyl (C=O) groups is 1. The topological polar surface area (TPSA) is 87.0 Å². The zero-order chi connectivity index (χ0) is 12.5. The largest absolute Gasteiger partial charge is 0.325 e. The van der Waals surface area contributed by atoms with E-state index in [2.05, 4.69) is 5.32 Å². The summed E-state index contributed by atoms with van der Waals surface area (Å²) in [6, 6.07) is 6.31. The van der Waals surface area contributed by atoms with Crippen molar-refractivity contribution in [1.82, 2.24) is 0 Å². The average molecular weight is 248 g/mol. The molecule has 1 aliphatic heterocycles. The Morgan fingerprint density at radius 3 is 2.88 bits per heavy atom. The summed E-state index contributed by atoms with van der Waals surface area (Å²) in [5, 5.41) is 11.9. The van der Waals surface area contributed by atoms with Crippen LogP contribution in [0.1, 0.15) is 12.0 Å². The number of amides is 1. The van der Waals surface area contributed by atoms with E-state index in [0.717, 1.165) is 5.41 Å². The fraction of sp³-hybridized carbons (Fsp3) is 0.0909. The summed E-state index contributed by atoms with van der Waals surface area (Å²) in [5.41, 5.74) is 0.972. The number of nitriles is 1. The number of sulfone groups is 1. The average Bonchev–Trinajstić information content (AvgIpc) is 2.55. The minimum absolute atomic E-state index is 0.173. The highest BCUT2D eigenvalue weighted by Gasteiger charge is 2.20. The molecule has 0 saturated carbocycles. The molecular formula is C11H8N2O3S. The summed E-state index contributed by atoms with van der Waals surface area (Å²) in [6.45, 7) is 0. The van der Waals surface area contributed by atoms with Crippen LogP contribution in [0, 0.1) is 11.3 Å². The maximum atomic E-state index is 11.6. The van der Waals surface area contributed by atoms with Crippen molar-refractivity contribution in [2.24, 2.45) is 0 Å². The number of hydrogen-bond acceptors (Lipinski definition) is 4. The third-order valence-electron chi connectivity index (χ3n) is 2.27. The van der Waals surface area contributed by atoms with Crippen LogP contribution in [0.25, 0.3) is 6.08 Å². The predicted octanol–water partition coefficient (Wildman–Crippen LogP) is 1.30. The second-order valence-corrected chi connectivity index (χ2v) is 5.29. The molecule has 1 heterocycles. The van der Waals surface area contributed by atoms with E-state index >= 15 is 0 Å². The summed E-state index contributed by atoms with van der Waals surface area (Å²) in [5.74, 6) is -0.462. The van der Waals surface area contributed by atoms with E-state index in [1.807, 2.05) is 0 Å². The molecule has 1 amide bonds. The minimum atomic E-state index is -3.37. The lowest BCUT2D eigenvalue weighted by atomic mass is 10.2. The van der Waals surface area contributed by atoms with Crippen LogP contribution in [-0.4, -0.2) is 14.3 Å². The molecule has 1 aromatic carbocycles. The van der Waals surface area contributed by atoms with E-state index < -0.39 is 15.7 Å². The van der Waals surface area contributed by atoms with Gasteiger partial charge in [-0.05, 0) is 23.8 Å². The molecule has 0 aromatic heterocycles. The van der Waals surface area contributed by atoms with E-state index in [9.17, 15) is 13.2 Å². The third-order valence-corrected chi connectivity index (χ3v) is 3.73. The van der Waals surface area contributed by atoms with Crippen molar-refractivity contribution in [3.8, 4) is 6.07 Å². The Bertz CT molecular complexity index is 654. The van der Waals surface area contributed by atoms with Gasteiger partial charge in [-0.1, -0.05) is 6.07 Å². The number of anilines is 1. The molecule has 2 rings (SSSR count). The van der Waals surface area contributed by atoms with Crippen LogP contribution in [0.4, 0.5) is 5.69 Å². The van der Waals surface area contributed by atoms with Crippen molar-refractivity contribution >= 4 is 27.5 Å². The normalized spacial score (nSPS) is 15.0. The summed E-state index contributed by atoms with van der Waals surface area (Å²) in [6.07, 6.45) is 1.24. The molecule has 17 heavy (non-hydrogen) atoms. The first kappa shape index (κ1) is 11.4. The molecule has 1 aliphatic rings. The quantitative estimate of drug-likeness (QED) is 0.854. The molecule has 0 fully saturated rings. The number of nitrogens with zero attached hydrogens (tertiary/aromatic N) is 1. The van der Waals surface area contributed by atoms with Crippen LogP contribution in [0.5, 0.6) is 0 Å². The van der Waals surface area contributed by atoms with Gasteiger partial charge in [-0.3, -0.25) is 4.79 Å². The fourth-order valence-corrected chi connectivity index (χ4v) is 2.74. The molecule has 86 valence electrons. The van der Waals surface area contributed by atoms with Crippen molar-refractivity contribution < 1.29 is 13.2 Å². The summed E-state index contributed by atoms with van der Waals surface area (Å²) in [4.78, 5) is 11.3. The Morgan fingerprint density at radius 1 is 1.41 bits per heavy atom. The first-order valence-corrected chi connectivity index (χ1v) is 6.31. The summed E-state index contributed by atoms with van der Waals surface area (Å²) in [7, 11) is -3.37. The van der Waals surface area contributed by atoms with Crippen LogP contribution < -0.4 is 5.32 Å². The first-order valence-electron chi connectivity index (χ1n) is 4.77. The van der Waals surface area contributed by atoms with Crippen LogP contribution in [-0.2, 0) is 14.6 Å². The summed E-state index contributed by atoms with van der Waals surface area (Å²) >= 11 is 0. The monoisotopic (exact) mass is 248 g/mol. The lowest BCUT2D eigenvalue weighted by Crippen LogP contribution is -2.10. The predicted molar refractivity (Wildman–Crippen MR) is 61.5 cm³/mol. The molecule has 0 saturated heterocycles. The van der Waals surface area contributed by atoms with Gasteiger partial charge < -0.3 is 5.32 Å². The molecule has 5 nitrogen and oxygen atoms in total. The van der Waals surface area contributed by atoms with Gasteiger partial charge in [0.1, 0.15) is 6.42 Å². The number of fused-ring (bicyclic) bond motifs is 1. The second-order valence-electron chi connectivity index (χ2n) is 3.48. The lowest BCUT2D eigenvalue weighted by molar-refractivity contribution is -0.115. The second kappa shape index (κ2) is 4.03. The summed E-state index contributed by atoms with van der Waals surface area (Å²) < 4.78 is 23.1. The van der Waals surface area contributed by atoms with Crippen LogP contribution in [0.3, 0.4) is 0 Å². The van der Waals surface area contributed by atoms with Gasteiger partial charge >= 0.3 is 0 Å². The number of rotatable bonds is 2. The van der Waals surface area contributed by atoms with E-state index in [0.29, 0.717) is 11.3 Å². The van der Waals surface area contributed by atoms with Gasteiger partial charge in [0.2, 0.25) is 15.7 Å². The zero-order valence-electron chi connectivity index (χ0n) is 8.67. The van der Waals surface area contributed by atoms with Gasteiger partial charge in [-0.15, -0.1) is 0 Å². The Balaban J connectivity index is 2.31. The molecule has 0 atom stereocenters. The van der Waals surface area contributed by atoms with Crippen molar-refractivity contribution in [3.05, 3.63) is 29.2 Å². The van der Waals surface area contributed by atoms with Crippen LogP contribution >= 0.6 is 0 Å². The number of hydrogen-bond donors (Lipinski definition) is 1. The van der Waals surface area contributed by atoms with Gasteiger partial charge in [-0.25, -0.2) is 8.42 Å².